The van der Waals surface area contributed by atoms with Gasteiger partial charge < -0.3 is 15.5 Å². The fraction of sp³-hybridized carbons (Fsp3) is 0.714. The van der Waals surface area contributed by atoms with Crippen LogP contribution in [0.1, 0.15) is 69.4 Å². The van der Waals surface area contributed by atoms with Gasteiger partial charge in [-0.3, -0.25) is 0 Å². The molecule has 0 unspecified atom stereocenters. The zero-order chi connectivity index (χ0) is 16.9. The van der Waals surface area contributed by atoms with Gasteiger partial charge in [-0.1, -0.05) is 13.8 Å². The lowest BCUT2D eigenvalue weighted by atomic mass is 9.55. The van der Waals surface area contributed by atoms with Gasteiger partial charge in [0.05, 0.1) is 6.10 Å². The van der Waals surface area contributed by atoms with E-state index < -0.39 is 0 Å². The van der Waals surface area contributed by atoms with Crippen LogP contribution in [0.3, 0.4) is 0 Å². The summed E-state index contributed by atoms with van der Waals surface area (Å²) in [5.74, 6) is 2.34. The van der Waals surface area contributed by atoms with Gasteiger partial charge in [0.15, 0.2) is 0 Å². The van der Waals surface area contributed by atoms with Crippen molar-refractivity contribution in [1.82, 2.24) is 0 Å². The molecule has 3 nitrogen and oxygen atoms in total. The molecule has 0 heterocycles. The molecule has 4 rings (SSSR count). The van der Waals surface area contributed by atoms with E-state index in [9.17, 15) is 10.2 Å². The molecule has 0 radical (unpaired) electrons. The van der Waals surface area contributed by atoms with Gasteiger partial charge in [0.2, 0.25) is 0 Å². The Morgan fingerprint density at radius 3 is 2.83 bits per heavy atom. The van der Waals surface area contributed by atoms with E-state index in [0.717, 1.165) is 37.9 Å². The number of anilines is 1. The molecule has 0 aliphatic heterocycles. The average Bonchev–Trinajstić information content (AvgIpc) is 2.87. The minimum Gasteiger partial charge on any atom is -0.508 e. The topological polar surface area (TPSA) is 52.5 Å². The van der Waals surface area contributed by atoms with E-state index in [2.05, 4.69) is 19.2 Å². The standard InChI is InChI=1S/C21H31NO2/c1-3-10-22-18-12-14(23)11-13-4-5-15-16(20(13)18)8-9-21(2)17(15)6-7-19(21)24/h11-12,15-17,19,22-24H,3-10H2,1-2H3/t15-,16+,17+,19-,21+/m1/s1. The Morgan fingerprint density at radius 1 is 1.21 bits per heavy atom. The van der Waals surface area contributed by atoms with E-state index >= 15 is 0 Å². The van der Waals surface area contributed by atoms with Gasteiger partial charge in [-0.05, 0) is 85.3 Å². The molecule has 3 aliphatic carbocycles. The Labute approximate surface area is 145 Å². The normalized spacial score (nSPS) is 37.5. The maximum Gasteiger partial charge on any atom is 0.117 e. The zero-order valence-electron chi connectivity index (χ0n) is 15.0. The fourth-order valence-electron chi connectivity index (χ4n) is 6.09. The number of aromatic hydroxyl groups is 1. The number of rotatable bonds is 3. The highest BCUT2D eigenvalue weighted by Gasteiger charge is 2.54. The van der Waals surface area contributed by atoms with Gasteiger partial charge in [0, 0.05) is 18.3 Å². The number of benzene rings is 1. The summed E-state index contributed by atoms with van der Waals surface area (Å²) in [6.07, 6.45) is 7.72. The van der Waals surface area contributed by atoms with E-state index in [4.69, 9.17) is 0 Å². The van der Waals surface area contributed by atoms with Crippen LogP contribution in [0.5, 0.6) is 5.75 Å². The lowest BCUT2D eigenvalue weighted by Gasteiger charge is -2.50. The van der Waals surface area contributed by atoms with Crippen molar-refractivity contribution >= 4 is 5.69 Å². The number of phenolic OH excluding ortho intramolecular Hbond substituents is 1. The number of fused-ring (bicyclic) bond motifs is 5. The number of nitrogens with one attached hydrogen (secondary N) is 1. The molecule has 0 aromatic heterocycles. The Morgan fingerprint density at radius 2 is 2.04 bits per heavy atom. The molecule has 2 saturated carbocycles. The molecular formula is C21H31NO2. The van der Waals surface area contributed by atoms with E-state index in [1.807, 2.05) is 12.1 Å². The van der Waals surface area contributed by atoms with Gasteiger partial charge in [0.25, 0.3) is 0 Å². The number of phenols is 1. The lowest BCUT2D eigenvalue weighted by Crippen LogP contribution is -2.44. The molecule has 1 aromatic rings. The number of hydrogen-bond donors (Lipinski definition) is 3. The summed E-state index contributed by atoms with van der Waals surface area (Å²) in [6.45, 7) is 5.46. The maximum atomic E-state index is 10.5. The van der Waals surface area contributed by atoms with Crippen molar-refractivity contribution in [1.29, 1.82) is 0 Å². The highest BCUT2D eigenvalue weighted by Crippen LogP contribution is 2.61. The number of aliphatic hydroxyl groups is 1. The predicted octanol–water partition coefficient (Wildman–Crippen LogP) is 4.43. The molecule has 24 heavy (non-hydrogen) atoms. The second-order valence-electron chi connectivity index (χ2n) is 8.55. The molecule has 3 aliphatic rings. The fourth-order valence-corrected chi connectivity index (χ4v) is 6.09. The van der Waals surface area contributed by atoms with Crippen LogP contribution in [0.4, 0.5) is 5.69 Å². The smallest absolute Gasteiger partial charge is 0.117 e. The van der Waals surface area contributed by atoms with Crippen molar-refractivity contribution < 1.29 is 10.2 Å². The summed E-state index contributed by atoms with van der Waals surface area (Å²) >= 11 is 0. The van der Waals surface area contributed by atoms with Crippen molar-refractivity contribution in [2.45, 2.75) is 70.8 Å². The van der Waals surface area contributed by atoms with Crippen LogP contribution < -0.4 is 5.32 Å². The summed E-state index contributed by atoms with van der Waals surface area (Å²) in [5, 5.41) is 24.2. The number of aliphatic hydroxyl groups excluding tert-OH is 1. The van der Waals surface area contributed by atoms with Crippen molar-refractivity contribution in [3.63, 3.8) is 0 Å². The zero-order valence-corrected chi connectivity index (χ0v) is 15.0. The van der Waals surface area contributed by atoms with Crippen molar-refractivity contribution in [3.8, 4) is 5.75 Å². The first-order valence-corrected chi connectivity index (χ1v) is 9.82. The van der Waals surface area contributed by atoms with Crippen LogP contribution in [0.25, 0.3) is 0 Å². The third kappa shape index (κ3) is 2.35. The summed E-state index contributed by atoms with van der Waals surface area (Å²) in [7, 11) is 0. The first-order valence-electron chi connectivity index (χ1n) is 9.82. The third-order valence-corrected chi connectivity index (χ3v) is 7.32. The van der Waals surface area contributed by atoms with Crippen LogP contribution >= 0.6 is 0 Å². The largest absolute Gasteiger partial charge is 0.508 e. The summed E-state index contributed by atoms with van der Waals surface area (Å²) in [4.78, 5) is 0. The van der Waals surface area contributed by atoms with Crippen LogP contribution in [0.15, 0.2) is 12.1 Å². The Balaban J connectivity index is 1.71. The second-order valence-corrected chi connectivity index (χ2v) is 8.55. The molecule has 0 spiro atoms. The first kappa shape index (κ1) is 16.3. The molecule has 1 aromatic carbocycles. The molecule has 0 saturated heterocycles. The number of hydrogen-bond acceptors (Lipinski definition) is 3. The average molecular weight is 329 g/mol. The van der Waals surface area contributed by atoms with Gasteiger partial charge in [0.1, 0.15) is 5.75 Å². The van der Waals surface area contributed by atoms with Crippen molar-refractivity contribution in [2.75, 3.05) is 11.9 Å². The number of aryl methyl sites for hydroxylation is 1. The maximum absolute atomic E-state index is 10.5. The molecule has 5 atom stereocenters. The highest BCUT2D eigenvalue weighted by molar-refractivity contribution is 5.61. The molecule has 132 valence electrons. The minimum absolute atomic E-state index is 0.109. The molecule has 3 N–H and O–H groups in total. The van der Waals surface area contributed by atoms with E-state index in [1.165, 1.54) is 30.4 Å². The molecule has 0 bridgehead atoms. The van der Waals surface area contributed by atoms with Gasteiger partial charge >= 0.3 is 0 Å². The first-order chi connectivity index (χ1) is 11.5. The summed E-state index contributed by atoms with van der Waals surface area (Å²) < 4.78 is 0. The van der Waals surface area contributed by atoms with Crippen molar-refractivity contribution in [3.05, 3.63) is 23.3 Å². The van der Waals surface area contributed by atoms with Crippen LogP contribution in [0, 0.1) is 17.3 Å². The van der Waals surface area contributed by atoms with Crippen LogP contribution in [-0.4, -0.2) is 22.9 Å². The van der Waals surface area contributed by atoms with E-state index in [-0.39, 0.29) is 11.5 Å². The minimum atomic E-state index is -0.109. The van der Waals surface area contributed by atoms with Gasteiger partial charge in [-0.2, -0.15) is 0 Å². The predicted molar refractivity (Wildman–Crippen MR) is 97.5 cm³/mol. The SMILES string of the molecule is CCCNc1cc(O)cc2c1[C@H]1CC[C@]3(C)[C@H](O)CC[C@H]3[C@@H]1CC2. The molecule has 2 fully saturated rings. The Hall–Kier alpha value is -1.22. The quantitative estimate of drug-likeness (QED) is 0.769. The van der Waals surface area contributed by atoms with Crippen molar-refractivity contribution in [2.24, 2.45) is 17.3 Å². The molecule has 0 amide bonds. The van der Waals surface area contributed by atoms with E-state index in [1.54, 1.807) is 0 Å². The monoisotopic (exact) mass is 329 g/mol. The van der Waals surface area contributed by atoms with Gasteiger partial charge in [-0.25, -0.2) is 0 Å². The Kier molecular flexibility index (Phi) is 4.03. The summed E-state index contributed by atoms with van der Waals surface area (Å²) in [6, 6.07) is 3.91. The van der Waals surface area contributed by atoms with Crippen LogP contribution in [0.2, 0.25) is 0 Å². The molecular weight excluding hydrogens is 298 g/mol. The van der Waals surface area contributed by atoms with E-state index in [0.29, 0.717) is 23.5 Å². The third-order valence-electron chi connectivity index (χ3n) is 7.32. The van der Waals surface area contributed by atoms with Gasteiger partial charge in [-0.15, -0.1) is 0 Å². The highest BCUT2D eigenvalue weighted by atomic mass is 16.3. The second kappa shape index (κ2) is 5.94. The lowest BCUT2D eigenvalue weighted by molar-refractivity contribution is -0.0225. The Bertz CT molecular complexity index is 629. The van der Waals surface area contributed by atoms with Crippen LogP contribution in [-0.2, 0) is 6.42 Å². The summed E-state index contributed by atoms with van der Waals surface area (Å²) in [5.41, 5.74) is 4.11. The molecule has 3 heteroatoms.